The quantitative estimate of drug-likeness (QED) is 0.667. The van der Waals surface area contributed by atoms with Gasteiger partial charge < -0.3 is 10.6 Å². The molecule has 7 nitrogen and oxygen atoms in total. The minimum atomic E-state index is -3.82. The molecule has 2 rings (SSSR count). The third kappa shape index (κ3) is 5.35. The lowest BCUT2D eigenvalue weighted by Gasteiger charge is -2.12. The second-order valence-corrected chi connectivity index (χ2v) is 7.47. The topological polar surface area (TPSA) is 104 Å². The van der Waals surface area contributed by atoms with Gasteiger partial charge in [-0.2, -0.15) is 0 Å². The molecule has 3 N–H and O–H groups in total. The second kappa shape index (κ2) is 8.74. The van der Waals surface area contributed by atoms with E-state index in [0.717, 1.165) is 24.3 Å². The Morgan fingerprint density at radius 2 is 1.74 bits per heavy atom. The molecule has 0 atom stereocenters. The highest BCUT2D eigenvalue weighted by Gasteiger charge is 2.15. The summed E-state index contributed by atoms with van der Waals surface area (Å²) in [6, 6.07) is 9.32. The number of amides is 2. The normalized spacial score (nSPS) is 11.1. The third-order valence-corrected chi connectivity index (χ3v) is 5.32. The maximum absolute atomic E-state index is 12.9. The highest BCUT2D eigenvalue weighted by molar-refractivity contribution is 7.89. The Kier molecular flexibility index (Phi) is 6.65. The van der Waals surface area contributed by atoms with Crippen molar-refractivity contribution in [3.63, 3.8) is 0 Å². The van der Waals surface area contributed by atoms with E-state index in [2.05, 4.69) is 15.4 Å². The van der Waals surface area contributed by atoms with Crippen LogP contribution in [0.1, 0.15) is 22.3 Å². The summed E-state index contributed by atoms with van der Waals surface area (Å²) in [6.45, 7) is 1.58. The van der Waals surface area contributed by atoms with E-state index >= 15 is 0 Å². The molecule has 0 saturated heterocycles. The average molecular weight is 393 g/mol. The number of anilines is 1. The van der Waals surface area contributed by atoms with Crippen molar-refractivity contribution in [3.8, 4) is 0 Å². The second-order valence-electron chi connectivity index (χ2n) is 5.71. The number of carbonyl (C=O) groups is 2. The van der Waals surface area contributed by atoms with Crippen molar-refractivity contribution in [2.45, 2.75) is 18.2 Å². The molecule has 0 aliphatic carbocycles. The molecule has 0 fully saturated rings. The third-order valence-electron chi connectivity index (χ3n) is 3.85. The first-order valence-electron chi connectivity index (χ1n) is 8.11. The monoisotopic (exact) mass is 393 g/mol. The highest BCUT2D eigenvalue weighted by Crippen LogP contribution is 2.19. The van der Waals surface area contributed by atoms with Crippen LogP contribution in [0.5, 0.6) is 0 Å². The average Bonchev–Trinajstić information content (AvgIpc) is 2.63. The van der Waals surface area contributed by atoms with Crippen LogP contribution in [0.4, 0.5) is 10.1 Å². The van der Waals surface area contributed by atoms with Crippen LogP contribution in [0.15, 0.2) is 47.4 Å². The fraction of sp³-hybridized carbons (Fsp3) is 0.222. The lowest BCUT2D eigenvalue weighted by molar-refractivity contribution is -0.116. The number of carbonyl (C=O) groups excluding carboxylic acids is 2. The van der Waals surface area contributed by atoms with Crippen molar-refractivity contribution in [2.24, 2.45) is 0 Å². The lowest BCUT2D eigenvalue weighted by Crippen LogP contribution is -2.28. The minimum Gasteiger partial charge on any atom is -0.355 e. The van der Waals surface area contributed by atoms with Crippen molar-refractivity contribution in [3.05, 3.63) is 59.4 Å². The molecule has 0 aromatic heterocycles. The van der Waals surface area contributed by atoms with Gasteiger partial charge in [0.15, 0.2) is 0 Å². The van der Waals surface area contributed by atoms with Crippen LogP contribution in [0.2, 0.25) is 0 Å². The fourth-order valence-electron chi connectivity index (χ4n) is 2.36. The summed E-state index contributed by atoms with van der Waals surface area (Å²) in [5.41, 5.74) is 1.52. The van der Waals surface area contributed by atoms with Gasteiger partial charge in [-0.15, -0.1) is 0 Å². The number of benzene rings is 2. The van der Waals surface area contributed by atoms with E-state index in [-0.39, 0.29) is 23.8 Å². The Bertz CT molecular complexity index is 944. The van der Waals surface area contributed by atoms with Crippen LogP contribution in [-0.4, -0.2) is 33.8 Å². The standard InChI is InChI=1S/C18H20FN3O4S/c1-12-15(18(24)20-2)4-3-5-16(12)22-17(23)10-11-21-27(25,26)14-8-6-13(19)7-9-14/h3-9,21H,10-11H2,1-2H3,(H,20,24)(H,22,23). The van der Waals surface area contributed by atoms with E-state index in [1.54, 1.807) is 25.1 Å². The molecule has 0 saturated carbocycles. The summed E-state index contributed by atoms with van der Waals surface area (Å²) in [4.78, 5) is 23.8. The van der Waals surface area contributed by atoms with Crippen LogP contribution >= 0.6 is 0 Å². The van der Waals surface area contributed by atoms with Gasteiger partial charge in [-0.1, -0.05) is 6.07 Å². The van der Waals surface area contributed by atoms with Crippen molar-refractivity contribution in [1.82, 2.24) is 10.0 Å². The van der Waals surface area contributed by atoms with E-state index in [0.29, 0.717) is 16.8 Å². The first-order chi connectivity index (χ1) is 12.7. The Labute approximate surface area is 157 Å². The van der Waals surface area contributed by atoms with Crippen molar-refractivity contribution in [2.75, 3.05) is 18.9 Å². The van der Waals surface area contributed by atoms with Gasteiger partial charge in [0, 0.05) is 31.3 Å². The molecular weight excluding hydrogens is 373 g/mol. The predicted molar refractivity (Wildman–Crippen MR) is 99.4 cm³/mol. The van der Waals surface area contributed by atoms with Gasteiger partial charge in [0.05, 0.1) is 4.90 Å². The van der Waals surface area contributed by atoms with Gasteiger partial charge in [0.25, 0.3) is 5.91 Å². The van der Waals surface area contributed by atoms with Crippen LogP contribution in [-0.2, 0) is 14.8 Å². The van der Waals surface area contributed by atoms with E-state index < -0.39 is 21.7 Å². The molecule has 2 aromatic rings. The number of hydrogen-bond acceptors (Lipinski definition) is 4. The van der Waals surface area contributed by atoms with Gasteiger partial charge in [-0.05, 0) is 48.9 Å². The van der Waals surface area contributed by atoms with Crippen LogP contribution < -0.4 is 15.4 Å². The molecule has 144 valence electrons. The molecule has 0 heterocycles. The molecule has 0 aliphatic rings. The van der Waals surface area contributed by atoms with Gasteiger partial charge in [0.1, 0.15) is 5.82 Å². The molecule has 0 spiro atoms. The van der Waals surface area contributed by atoms with Gasteiger partial charge >= 0.3 is 0 Å². The summed E-state index contributed by atoms with van der Waals surface area (Å²) >= 11 is 0. The molecule has 0 radical (unpaired) electrons. The predicted octanol–water partition coefficient (Wildman–Crippen LogP) is 1.80. The van der Waals surface area contributed by atoms with Crippen molar-refractivity contribution < 1.29 is 22.4 Å². The first-order valence-corrected chi connectivity index (χ1v) is 9.59. The summed E-state index contributed by atoms with van der Waals surface area (Å²) in [5, 5.41) is 5.18. The number of rotatable bonds is 7. The zero-order valence-corrected chi connectivity index (χ0v) is 15.7. The first kappa shape index (κ1) is 20.5. The fourth-order valence-corrected chi connectivity index (χ4v) is 3.39. The molecule has 9 heteroatoms. The number of nitrogens with one attached hydrogen (secondary N) is 3. The Morgan fingerprint density at radius 1 is 1.07 bits per heavy atom. The highest BCUT2D eigenvalue weighted by atomic mass is 32.2. The zero-order chi connectivity index (χ0) is 20.0. The van der Waals surface area contributed by atoms with E-state index in [1.807, 2.05) is 0 Å². The molecule has 2 amide bonds. The molecule has 0 bridgehead atoms. The largest absolute Gasteiger partial charge is 0.355 e. The Morgan fingerprint density at radius 3 is 2.37 bits per heavy atom. The SMILES string of the molecule is CNC(=O)c1cccc(NC(=O)CCNS(=O)(=O)c2ccc(F)cc2)c1C. The summed E-state index contributed by atoms with van der Waals surface area (Å²) < 4.78 is 39.3. The molecule has 2 aromatic carbocycles. The van der Waals surface area contributed by atoms with Crippen LogP contribution in [0.25, 0.3) is 0 Å². The van der Waals surface area contributed by atoms with E-state index in [9.17, 15) is 22.4 Å². The smallest absolute Gasteiger partial charge is 0.251 e. The van der Waals surface area contributed by atoms with E-state index in [4.69, 9.17) is 0 Å². The van der Waals surface area contributed by atoms with Gasteiger partial charge in [0.2, 0.25) is 15.9 Å². The van der Waals surface area contributed by atoms with Crippen molar-refractivity contribution >= 4 is 27.5 Å². The summed E-state index contributed by atoms with van der Waals surface area (Å²) in [7, 11) is -2.31. The Balaban J connectivity index is 1.95. The summed E-state index contributed by atoms with van der Waals surface area (Å²) in [6.07, 6.45) is -0.107. The zero-order valence-electron chi connectivity index (χ0n) is 14.9. The summed E-state index contributed by atoms with van der Waals surface area (Å²) in [5.74, 6) is -1.22. The number of hydrogen-bond donors (Lipinski definition) is 3. The van der Waals surface area contributed by atoms with E-state index in [1.165, 1.54) is 7.05 Å². The molecule has 0 aliphatic heterocycles. The number of halogens is 1. The minimum absolute atomic E-state index is 0.0848. The Hall–Kier alpha value is -2.78. The van der Waals surface area contributed by atoms with Crippen LogP contribution in [0, 0.1) is 12.7 Å². The molecule has 27 heavy (non-hydrogen) atoms. The molecular formula is C18H20FN3O4S. The van der Waals surface area contributed by atoms with Crippen LogP contribution in [0.3, 0.4) is 0 Å². The van der Waals surface area contributed by atoms with Crippen molar-refractivity contribution in [1.29, 1.82) is 0 Å². The number of sulfonamides is 1. The maximum Gasteiger partial charge on any atom is 0.251 e. The molecule has 0 unspecified atom stereocenters. The van der Waals surface area contributed by atoms with Gasteiger partial charge in [-0.25, -0.2) is 17.5 Å². The lowest BCUT2D eigenvalue weighted by atomic mass is 10.1. The maximum atomic E-state index is 12.9. The van der Waals surface area contributed by atoms with Gasteiger partial charge in [-0.3, -0.25) is 9.59 Å².